The molecule has 2 rings (SSSR count). The van der Waals surface area contributed by atoms with Gasteiger partial charge in [-0.25, -0.2) is 0 Å². The van der Waals surface area contributed by atoms with Gasteiger partial charge in [-0.05, 0) is 6.42 Å². The highest BCUT2D eigenvalue weighted by Crippen LogP contribution is 2.51. The van der Waals surface area contributed by atoms with Crippen LogP contribution in [0.3, 0.4) is 0 Å². The first-order valence-corrected chi connectivity index (χ1v) is 5.64. The Morgan fingerprint density at radius 2 is 2.20 bits per heavy atom. The molecule has 2 fully saturated rings. The number of aliphatic imine (C=N–C) groups is 1. The molecule has 0 aromatic heterocycles. The SMILES string of the molecule is CN=C(NC)NC1C2CCOC2C1(C)C. The van der Waals surface area contributed by atoms with Crippen molar-refractivity contribution in [3.63, 3.8) is 0 Å². The number of nitrogens with zero attached hydrogens (tertiary/aromatic N) is 1. The molecule has 86 valence electrons. The van der Waals surface area contributed by atoms with Crippen molar-refractivity contribution in [3.05, 3.63) is 0 Å². The lowest BCUT2D eigenvalue weighted by Crippen LogP contribution is -2.67. The van der Waals surface area contributed by atoms with Gasteiger partial charge < -0.3 is 15.4 Å². The molecule has 4 nitrogen and oxygen atoms in total. The molecule has 1 saturated carbocycles. The zero-order chi connectivity index (χ0) is 11.1. The first-order chi connectivity index (χ1) is 7.11. The van der Waals surface area contributed by atoms with E-state index < -0.39 is 0 Å². The van der Waals surface area contributed by atoms with Gasteiger partial charge in [-0.3, -0.25) is 4.99 Å². The highest BCUT2D eigenvalue weighted by Gasteiger charge is 2.59. The molecule has 2 N–H and O–H groups in total. The van der Waals surface area contributed by atoms with E-state index in [9.17, 15) is 0 Å². The standard InChI is InChI=1S/C11H21N3O/c1-11(2)8(14-10(12-3)13-4)7-5-6-15-9(7)11/h7-9H,5-6H2,1-4H3,(H2,12,13,14). The third-order valence-corrected chi connectivity index (χ3v) is 3.85. The molecule has 0 aromatic rings. The Morgan fingerprint density at radius 3 is 2.80 bits per heavy atom. The van der Waals surface area contributed by atoms with Crippen LogP contribution in [0.15, 0.2) is 4.99 Å². The second-order valence-corrected chi connectivity index (χ2v) is 5.01. The van der Waals surface area contributed by atoms with Gasteiger partial charge in [0, 0.05) is 38.1 Å². The van der Waals surface area contributed by atoms with E-state index in [1.165, 1.54) is 6.42 Å². The normalized spacial score (nSPS) is 38.1. The van der Waals surface area contributed by atoms with Gasteiger partial charge in [0.2, 0.25) is 0 Å². The van der Waals surface area contributed by atoms with Crippen LogP contribution in [0.2, 0.25) is 0 Å². The quantitative estimate of drug-likeness (QED) is 0.493. The van der Waals surface area contributed by atoms with Crippen LogP contribution in [0.25, 0.3) is 0 Å². The molecule has 4 heteroatoms. The van der Waals surface area contributed by atoms with Crippen molar-refractivity contribution < 1.29 is 4.74 Å². The summed E-state index contributed by atoms with van der Waals surface area (Å²) in [7, 11) is 3.69. The highest BCUT2D eigenvalue weighted by molar-refractivity contribution is 5.80. The lowest BCUT2D eigenvalue weighted by Gasteiger charge is -2.54. The summed E-state index contributed by atoms with van der Waals surface area (Å²) in [4.78, 5) is 4.16. The van der Waals surface area contributed by atoms with Gasteiger partial charge in [0.1, 0.15) is 0 Å². The van der Waals surface area contributed by atoms with E-state index in [1.807, 2.05) is 7.05 Å². The number of guanidine groups is 1. The molecular formula is C11H21N3O. The highest BCUT2D eigenvalue weighted by atomic mass is 16.5. The van der Waals surface area contributed by atoms with E-state index in [1.54, 1.807) is 7.05 Å². The number of fused-ring (bicyclic) bond motifs is 1. The van der Waals surface area contributed by atoms with E-state index in [-0.39, 0.29) is 5.41 Å². The van der Waals surface area contributed by atoms with E-state index in [2.05, 4.69) is 29.5 Å². The molecule has 1 saturated heterocycles. The van der Waals surface area contributed by atoms with Gasteiger partial charge >= 0.3 is 0 Å². The summed E-state index contributed by atoms with van der Waals surface area (Å²) in [5, 5.41) is 6.54. The Morgan fingerprint density at radius 1 is 1.47 bits per heavy atom. The maximum absolute atomic E-state index is 5.75. The predicted octanol–water partition coefficient (Wildman–Crippen LogP) is 0.595. The zero-order valence-electron chi connectivity index (χ0n) is 10.0. The molecule has 0 radical (unpaired) electrons. The average molecular weight is 211 g/mol. The number of hydrogen-bond donors (Lipinski definition) is 2. The van der Waals surface area contributed by atoms with E-state index in [0.717, 1.165) is 12.6 Å². The molecular weight excluding hydrogens is 190 g/mol. The summed E-state index contributed by atoms with van der Waals surface area (Å²) in [5.74, 6) is 1.53. The van der Waals surface area contributed by atoms with Crippen molar-refractivity contribution in [1.82, 2.24) is 10.6 Å². The largest absolute Gasteiger partial charge is 0.377 e. The van der Waals surface area contributed by atoms with Crippen molar-refractivity contribution in [2.75, 3.05) is 20.7 Å². The molecule has 1 aliphatic heterocycles. The van der Waals surface area contributed by atoms with Gasteiger partial charge in [-0.2, -0.15) is 0 Å². The van der Waals surface area contributed by atoms with E-state index in [0.29, 0.717) is 18.1 Å². The topological polar surface area (TPSA) is 45.7 Å². The van der Waals surface area contributed by atoms with Crippen molar-refractivity contribution in [2.45, 2.75) is 32.4 Å². The van der Waals surface area contributed by atoms with Gasteiger partial charge in [0.25, 0.3) is 0 Å². The Labute approximate surface area is 91.5 Å². The van der Waals surface area contributed by atoms with Crippen molar-refractivity contribution in [3.8, 4) is 0 Å². The van der Waals surface area contributed by atoms with Crippen molar-refractivity contribution in [1.29, 1.82) is 0 Å². The molecule has 15 heavy (non-hydrogen) atoms. The second-order valence-electron chi connectivity index (χ2n) is 5.01. The van der Waals surface area contributed by atoms with Crippen molar-refractivity contribution in [2.24, 2.45) is 16.3 Å². The van der Waals surface area contributed by atoms with Crippen LogP contribution < -0.4 is 10.6 Å². The molecule has 0 bridgehead atoms. The smallest absolute Gasteiger partial charge is 0.190 e. The summed E-state index contributed by atoms with van der Waals surface area (Å²) < 4.78 is 5.75. The molecule has 1 aliphatic carbocycles. The summed E-state index contributed by atoms with van der Waals surface area (Å²) in [6, 6.07) is 0.483. The van der Waals surface area contributed by atoms with Crippen LogP contribution in [-0.4, -0.2) is 38.8 Å². The summed E-state index contributed by atoms with van der Waals surface area (Å²) in [5.41, 5.74) is 0.216. The number of rotatable bonds is 1. The minimum Gasteiger partial charge on any atom is -0.377 e. The van der Waals surface area contributed by atoms with E-state index in [4.69, 9.17) is 4.74 Å². The Bertz CT molecular complexity index is 275. The fraction of sp³-hybridized carbons (Fsp3) is 0.909. The maximum atomic E-state index is 5.75. The first kappa shape index (κ1) is 10.7. The molecule has 3 atom stereocenters. The Balaban J connectivity index is 2.04. The number of hydrogen-bond acceptors (Lipinski definition) is 2. The predicted molar refractivity (Wildman–Crippen MR) is 61.0 cm³/mol. The van der Waals surface area contributed by atoms with Crippen LogP contribution in [0.1, 0.15) is 20.3 Å². The zero-order valence-corrected chi connectivity index (χ0v) is 10.0. The molecule has 0 amide bonds. The fourth-order valence-electron chi connectivity index (χ4n) is 3.01. The lowest BCUT2D eigenvalue weighted by molar-refractivity contribution is -0.106. The third-order valence-electron chi connectivity index (χ3n) is 3.85. The van der Waals surface area contributed by atoms with Gasteiger partial charge in [0.05, 0.1) is 6.10 Å². The average Bonchev–Trinajstić information content (AvgIpc) is 2.65. The van der Waals surface area contributed by atoms with E-state index >= 15 is 0 Å². The van der Waals surface area contributed by atoms with Gasteiger partial charge in [-0.1, -0.05) is 13.8 Å². The minimum absolute atomic E-state index is 0.216. The van der Waals surface area contributed by atoms with Crippen LogP contribution in [0.5, 0.6) is 0 Å². The molecule has 0 spiro atoms. The van der Waals surface area contributed by atoms with Gasteiger partial charge in [0.15, 0.2) is 5.96 Å². The monoisotopic (exact) mass is 211 g/mol. The second kappa shape index (κ2) is 3.67. The Hall–Kier alpha value is -0.770. The lowest BCUT2D eigenvalue weighted by atomic mass is 9.57. The summed E-state index contributed by atoms with van der Waals surface area (Å²) in [6.45, 7) is 5.44. The maximum Gasteiger partial charge on any atom is 0.190 e. The third kappa shape index (κ3) is 1.51. The number of nitrogens with one attached hydrogen (secondary N) is 2. The van der Waals surface area contributed by atoms with Crippen LogP contribution in [-0.2, 0) is 4.74 Å². The minimum atomic E-state index is 0.216. The fourth-order valence-corrected chi connectivity index (χ4v) is 3.01. The van der Waals surface area contributed by atoms with Crippen molar-refractivity contribution >= 4 is 5.96 Å². The Kier molecular flexibility index (Phi) is 2.63. The molecule has 2 aliphatic rings. The molecule has 3 unspecified atom stereocenters. The summed E-state index contributed by atoms with van der Waals surface area (Å²) in [6.07, 6.45) is 1.61. The van der Waals surface area contributed by atoms with Gasteiger partial charge in [-0.15, -0.1) is 0 Å². The van der Waals surface area contributed by atoms with Crippen LogP contribution in [0, 0.1) is 11.3 Å². The first-order valence-electron chi connectivity index (χ1n) is 5.64. The van der Waals surface area contributed by atoms with Crippen LogP contribution >= 0.6 is 0 Å². The number of ether oxygens (including phenoxy) is 1. The summed E-state index contributed by atoms with van der Waals surface area (Å²) >= 11 is 0. The molecule has 0 aromatic carbocycles. The van der Waals surface area contributed by atoms with Crippen LogP contribution in [0.4, 0.5) is 0 Å². The molecule has 1 heterocycles.